The average Bonchev–Trinajstić information content (AvgIpc) is 2.61. The number of non-ortho nitro benzene ring substituents is 1. The second kappa shape index (κ2) is 9.04. The quantitative estimate of drug-likeness (QED) is 0.362. The van der Waals surface area contributed by atoms with Gasteiger partial charge in [-0.25, -0.2) is 0 Å². The maximum Gasteiger partial charge on any atom is 0.269 e. The molecule has 1 N–H and O–H groups in total. The van der Waals surface area contributed by atoms with Crippen LogP contribution in [-0.2, 0) is 4.79 Å². The summed E-state index contributed by atoms with van der Waals surface area (Å²) in [5.74, 6) is 0.529. The topological polar surface area (TPSA) is 72.2 Å². The number of carbonyl (C=O) groups is 1. The van der Waals surface area contributed by atoms with Gasteiger partial charge in [0.15, 0.2) is 0 Å². The summed E-state index contributed by atoms with van der Waals surface area (Å²) < 4.78 is 0. The van der Waals surface area contributed by atoms with Crippen LogP contribution in [0, 0.1) is 10.1 Å². The molecule has 1 amide bonds. The summed E-state index contributed by atoms with van der Waals surface area (Å²) in [5.41, 5.74) is 3.21. The van der Waals surface area contributed by atoms with Gasteiger partial charge in [-0.15, -0.1) is 11.8 Å². The van der Waals surface area contributed by atoms with Crippen LogP contribution in [0.2, 0.25) is 0 Å². The SMILES string of the molecule is CC(C)c1cccc(C(C)C)c1NC(=O)[C@H](C)Sc1ccc([N+](=O)[O-])cc1. The van der Waals surface area contributed by atoms with Crippen LogP contribution in [0.3, 0.4) is 0 Å². The Balaban J connectivity index is 2.17. The fraction of sp³-hybridized carbons (Fsp3) is 0.381. The first kappa shape index (κ1) is 21.0. The van der Waals surface area contributed by atoms with Crippen LogP contribution in [0.4, 0.5) is 11.4 Å². The first-order valence-corrected chi connectivity index (χ1v) is 9.93. The van der Waals surface area contributed by atoms with E-state index in [1.165, 1.54) is 23.9 Å². The predicted molar refractivity (Wildman–Crippen MR) is 112 cm³/mol. The van der Waals surface area contributed by atoms with Crippen molar-refractivity contribution in [1.82, 2.24) is 0 Å². The lowest BCUT2D eigenvalue weighted by atomic mass is 9.92. The van der Waals surface area contributed by atoms with Gasteiger partial charge < -0.3 is 5.32 Å². The Bertz CT molecular complexity index is 790. The van der Waals surface area contributed by atoms with Crippen LogP contribution in [0.1, 0.15) is 57.6 Å². The fourth-order valence-corrected chi connectivity index (χ4v) is 3.69. The molecule has 0 saturated carbocycles. The first-order chi connectivity index (χ1) is 12.7. The number of thioether (sulfide) groups is 1. The number of anilines is 1. The number of nitro groups is 1. The summed E-state index contributed by atoms with van der Waals surface area (Å²) in [6.07, 6.45) is 0. The van der Waals surface area contributed by atoms with E-state index in [1.807, 2.05) is 13.0 Å². The molecule has 1 atom stereocenters. The molecular weight excluding hydrogens is 360 g/mol. The van der Waals surface area contributed by atoms with Gasteiger partial charge in [0.05, 0.1) is 10.2 Å². The molecule has 0 aliphatic rings. The highest BCUT2D eigenvalue weighted by molar-refractivity contribution is 8.00. The van der Waals surface area contributed by atoms with E-state index in [2.05, 4.69) is 45.1 Å². The number of hydrogen-bond acceptors (Lipinski definition) is 4. The second-order valence-corrected chi connectivity index (χ2v) is 8.54. The summed E-state index contributed by atoms with van der Waals surface area (Å²) in [7, 11) is 0. The molecule has 2 rings (SSSR count). The number of nitrogens with zero attached hydrogens (tertiary/aromatic N) is 1. The lowest BCUT2D eigenvalue weighted by Gasteiger charge is -2.21. The van der Waals surface area contributed by atoms with E-state index >= 15 is 0 Å². The molecular formula is C21H26N2O3S. The van der Waals surface area contributed by atoms with E-state index in [0.29, 0.717) is 11.8 Å². The zero-order valence-electron chi connectivity index (χ0n) is 16.4. The molecule has 0 aliphatic heterocycles. The highest BCUT2D eigenvalue weighted by atomic mass is 32.2. The van der Waals surface area contributed by atoms with Crippen molar-refractivity contribution in [2.24, 2.45) is 0 Å². The number of hydrogen-bond donors (Lipinski definition) is 1. The molecule has 0 fully saturated rings. The number of rotatable bonds is 7. The van der Waals surface area contributed by atoms with Gasteiger partial charge in [0.1, 0.15) is 0 Å². The molecule has 0 spiro atoms. The van der Waals surface area contributed by atoms with Crippen LogP contribution in [-0.4, -0.2) is 16.1 Å². The summed E-state index contributed by atoms with van der Waals surface area (Å²) >= 11 is 1.39. The number of amides is 1. The molecule has 0 radical (unpaired) electrons. The van der Waals surface area contributed by atoms with Crippen LogP contribution < -0.4 is 5.32 Å². The Labute approximate surface area is 164 Å². The Morgan fingerprint density at radius 1 is 0.963 bits per heavy atom. The standard InChI is InChI=1S/C21H26N2O3S/c1-13(2)18-7-6-8-19(14(3)4)20(18)22-21(24)15(5)27-17-11-9-16(10-12-17)23(25)26/h6-15H,1-5H3,(H,22,24)/t15-/m0/s1. The number of nitrogens with one attached hydrogen (secondary N) is 1. The molecule has 0 aliphatic carbocycles. The number of carbonyl (C=O) groups excluding carboxylic acids is 1. The highest BCUT2D eigenvalue weighted by Gasteiger charge is 2.20. The van der Waals surface area contributed by atoms with Gasteiger partial charge in [-0.3, -0.25) is 14.9 Å². The third-order valence-corrected chi connectivity index (χ3v) is 5.46. The maximum atomic E-state index is 12.8. The van der Waals surface area contributed by atoms with E-state index in [0.717, 1.165) is 21.7 Å². The van der Waals surface area contributed by atoms with Crippen LogP contribution in [0.15, 0.2) is 47.4 Å². The minimum absolute atomic E-state index is 0.0453. The van der Waals surface area contributed by atoms with Crippen LogP contribution in [0.25, 0.3) is 0 Å². The average molecular weight is 387 g/mol. The zero-order valence-corrected chi connectivity index (χ0v) is 17.2. The van der Waals surface area contributed by atoms with E-state index in [-0.39, 0.29) is 16.8 Å². The molecule has 6 heteroatoms. The van der Waals surface area contributed by atoms with Crippen LogP contribution in [0.5, 0.6) is 0 Å². The molecule has 0 saturated heterocycles. The highest BCUT2D eigenvalue weighted by Crippen LogP contribution is 2.33. The van der Waals surface area contributed by atoms with Crippen molar-refractivity contribution in [1.29, 1.82) is 0 Å². The third-order valence-electron chi connectivity index (χ3n) is 4.35. The largest absolute Gasteiger partial charge is 0.325 e. The Morgan fingerprint density at radius 2 is 1.48 bits per heavy atom. The van der Waals surface area contributed by atoms with Gasteiger partial charge in [0, 0.05) is 22.7 Å². The van der Waals surface area contributed by atoms with Gasteiger partial charge >= 0.3 is 0 Å². The van der Waals surface area contributed by atoms with Gasteiger partial charge in [-0.05, 0) is 42.0 Å². The van der Waals surface area contributed by atoms with E-state index in [1.54, 1.807) is 12.1 Å². The summed E-state index contributed by atoms with van der Waals surface area (Å²) in [6, 6.07) is 12.4. The fourth-order valence-electron chi connectivity index (χ4n) is 2.82. The van der Waals surface area contributed by atoms with E-state index in [9.17, 15) is 14.9 Å². The van der Waals surface area contributed by atoms with Crippen molar-refractivity contribution in [2.75, 3.05) is 5.32 Å². The smallest absolute Gasteiger partial charge is 0.269 e. The van der Waals surface area contributed by atoms with Crippen molar-refractivity contribution < 1.29 is 9.72 Å². The molecule has 0 heterocycles. The van der Waals surface area contributed by atoms with Crippen molar-refractivity contribution in [3.8, 4) is 0 Å². The lowest BCUT2D eigenvalue weighted by Crippen LogP contribution is -2.24. The number of para-hydroxylation sites is 1. The molecule has 144 valence electrons. The Hall–Kier alpha value is -2.34. The van der Waals surface area contributed by atoms with E-state index in [4.69, 9.17) is 0 Å². The Kier molecular flexibility index (Phi) is 7.02. The monoisotopic (exact) mass is 386 g/mol. The van der Waals surface area contributed by atoms with Gasteiger partial charge in [-0.1, -0.05) is 45.9 Å². The summed E-state index contributed by atoms with van der Waals surface area (Å²) in [5, 5.41) is 13.6. The molecule has 0 aromatic heterocycles. The Morgan fingerprint density at radius 3 is 1.93 bits per heavy atom. The summed E-state index contributed by atoms with van der Waals surface area (Å²) in [6.45, 7) is 10.3. The minimum Gasteiger partial charge on any atom is -0.325 e. The second-order valence-electron chi connectivity index (χ2n) is 7.12. The van der Waals surface area contributed by atoms with Gasteiger partial charge in [0.2, 0.25) is 5.91 Å². The minimum atomic E-state index is -0.430. The van der Waals surface area contributed by atoms with Gasteiger partial charge in [0.25, 0.3) is 5.69 Å². The molecule has 5 nitrogen and oxygen atoms in total. The van der Waals surface area contributed by atoms with Crippen molar-refractivity contribution in [3.05, 3.63) is 63.7 Å². The molecule has 27 heavy (non-hydrogen) atoms. The van der Waals surface area contributed by atoms with Crippen molar-refractivity contribution in [2.45, 2.75) is 56.6 Å². The molecule has 0 bridgehead atoms. The summed E-state index contributed by atoms with van der Waals surface area (Å²) in [4.78, 5) is 23.9. The predicted octanol–water partition coefficient (Wildman–Crippen LogP) is 5.96. The number of benzene rings is 2. The molecule has 2 aromatic carbocycles. The van der Waals surface area contributed by atoms with Crippen molar-refractivity contribution in [3.63, 3.8) is 0 Å². The molecule has 2 aromatic rings. The normalized spacial score (nSPS) is 12.3. The zero-order chi connectivity index (χ0) is 20.1. The van der Waals surface area contributed by atoms with Crippen molar-refractivity contribution >= 4 is 29.0 Å². The maximum absolute atomic E-state index is 12.8. The lowest BCUT2D eigenvalue weighted by molar-refractivity contribution is -0.384. The van der Waals surface area contributed by atoms with E-state index < -0.39 is 4.92 Å². The van der Waals surface area contributed by atoms with Crippen LogP contribution >= 0.6 is 11.8 Å². The third kappa shape index (κ3) is 5.32. The first-order valence-electron chi connectivity index (χ1n) is 9.05. The molecule has 0 unspecified atom stereocenters. The number of nitro benzene ring substituents is 1. The van der Waals surface area contributed by atoms with Gasteiger partial charge in [-0.2, -0.15) is 0 Å².